The number of nitrogens with one attached hydrogen (secondary N) is 1. The van der Waals surface area contributed by atoms with Crippen molar-refractivity contribution in [1.29, 1.82) is 0 Å². The first-order valence-electron chi connectivity index (χ1n) is 10.5. The number of pyridine rings is 1. The summed E-state index contributed by atoms with van der Waals surface area (Å²) in [7, 11) is 1.61. The molecule has 0 spiro atoms. The van der Waals surface area contributed by atoms with E-state index >= 15 is 0 Å². The Morgan fingerprint density at radius 1 is 1.16 bits per heavy atom. The van der Waals surface area contributed by atoms with Crippen LogP contribution in [0.25, 0.3) is 11.3 Å². The van der Waals surface area contributed by atoms with Gasteiger partial charge < -0.3 is 20.1 Å². The van der Waals surface area contributed by atoms with Crippen LogP contribution in [0.15, 0.2) is 23.7 Å². The van der Waals surface area contributed by atoms with E-state index in [9.17, 15) is 5.11 Å². The minimum Gasteiger partial charge on any atom is -0.481 e. The highest BCUT2D eigenvalue weighted by molar-refractivity contribution is 7.13. The zero-order chi connectivity index (χ0) is 22.0. The summed E-state index contributed by atoms with van der Waals surface area (Å²) in [6.45, 7) is 7.32. The number of aryl methyl sites for hydroxylation is 3. The molecule has 1 aliphatic rings. The molecule has 3 aromatic heterocycles. The summed E-state index contributed by atoms with van der Waals surface area (Å²) in [6, 6.07) is 3.70. The van der Waals surface area contributed by atoms with Crippen LogP contribution in [-0.4, -0.2) is 57.4 Å². The molecule has 0 unspecified atom stereocenters. The number of rotatable bonds is 7. The summed E-state index contributed by atoms with van der Waals surface area (Å²) in [5, 5.41) is 17.0. The lowest BCUT2D eigenvalue weighted by Gasteiger charge is -2.20. The summed E-state index contributed by atoms with van der Waals surface area (Å²) in [5.41, 5.74) is 4.45. The Hall–Kier alpha value is -2.78. The second-order valence-electron chi connectivity index (χ2n) is 7.55. The van der Waals surface area contributed by atoms with Gasteiger partial charge in [0.05, 0.1) is 42.0 Å². The minimum absolute atomic E-state index is 0.136. The van der Waals surface area contributed by atoms with Crippen LogP contribution >= 0.6 is 11.3 Å². The quantitative estimate of drug-likeness (QED) is 0.579. The Kier molecular flexibility index (Phi) is 6.33. The fourth-order valence-corrected chi connectivity index (χ4v) is 4.53. The molecule has 0 aliphatic carbocycles. The summed E-state index contributed by atoms with van der Waals surface area (Å²) >= 11 is 1.58. The van der Waals surface area contributed by atoms with Crippen LogP contribution in [0.3, 0.4) is 0 Å². The predicted molar refractivity (Wildman–Crippen MR) is 123 cm³/mol. The van der Waals surface area contributed by atoms with E-state index in [2.05, 4.69) is 34.0 Å². The number of thiazole rings is 1. The highest BCUT2D eigenvalue weighted by Crippen LogP contribution is 2.30. The molecule has 9 heteroatoms. The standard InChI is InChI=1S/C22H28N6O2S/c1-5-15-20(14-7-8-19(30-4)24-13(14)3)25-16(6-2)21(26-15)27-17-11-28(12-18(17)29)22-23-9-10-31-22/h7-10,17-18,29H,5-6,11-12H2,1-4H3,(H,26,27)/t17-,18+/m1/s1. The third kappa shape index (κ3) is 4.33. The van der Waals surface area contributed by atoms with E-state index in [0.29, 0.717) is 19.0 Å². The van der Waals surface area contributed by atoms with Crippen molar-refractivity contribution in [3.63, 3.8) is 0 Å². The van der Waals surface area contributed by atoms with Crippen molar-refractivity contribution >= 4 is 22.3 Å². The second kappa shape index (κ2) is 9.15. The van der Waals surface area contributed by atoms with Crippen molar-refractivity contribution in [2.24, 2.45) is 0 Å². The molecule has 1 saturated heterocycles. The Morgan fingerprint density at radius 2 is 1.97 bits per heavy atom. The van der Waals surface area contributed by atoms with Crippen molar-refractivity contribution in [2.45, 2.75) is 45.8 Å². The number of anilines is 2. The molecule has 3 aromatic rings. The third-order valence-corrected chi connectivity index (χ3v) is 6.37. The highest BCUT2D eigenvalue weighted by atomic mass is 32.1. The maximum atomic E-state index is 10.6. The zero-order valence-corrected chi connectivity index (χ0v) is 19.1. The molecule has 1 aliphatic heterocycles. The second-order valence-corrected chi connectivity index (χ2v) is 8.42. The fraction of sp³-hybridized carbons (Fsp3) is 0.455. The van der Waals surface area contributed by atoms with Gasteiger partial charge in [-0.1, -0.05) is 13.8 Å². The van der Waals surface area contributed by atoms with Crippen LogP contribution in [0.5, 0.6) is 5.88 Å². The molecule has 0 radical (unpaired) electrons. The molecule has 0 amide bonds. The molecule has 0 bridgehead atoms. The molecule has 8 nitrogen and oxygen atoms in total. The molecule has 2 atom stereocenters. The lowest BCUT2D eigenvalue weighted by Crippen LogP contribution is -2.33. The average Bonchev–Trinajstić information content (AvgIpc) is 3.44. The number of aromatic nitrogens is 4. The van der Waals surface area contributed by atoms with Gasteiger partial charge in [-0.05, 0) is 25.8 Å². The van der Waals surface area contributed by atoms with Gasteiger partial charge in [0.1, 0.15) is 5.82 Å². The lowest BCUT2D eigenvalue weighted by molar-refractivity contribution is 0.186. The summed E-state index contributed by atoms with van der Waals surface area (Å²) < 4.78 is 5.24. The first-order chi connectivity index (χ1) is 15.0. The molecule has 2 N–H and O–H groups in total. The van der Waals surface area contributed by atoms with Gasteiger partial charge in [0.15, 0.2) is 5.13 Å². The third-order valence-electron chi connectivity index (χ3n) is 5.54. The van der Waals surface area contributed by atoms with Crippen molar-refractivity contribution in [2.75, 3.05) is 30.4 Å². The number of nitrogens with zero attached hydrogens (tertiary/aromatic N) is 5. The van der Waals surface area contributed by atoms with Gasteiger partial charge in [-0.3, -0.25) is 0 Å². The number of aliphatic hydroxyl groups excluding tert-OH is 1. The van der Waals surface area contributed by atoms with Gasteiger partial charge >= 0.3 is 0 Å². The molecule has 31 heavy (non-hydrogen) atoms. The molecule has 1 fully saturated rings. The predicted octanol–water partition coefficient (Wildman–Crippen LogP) is 3.10. The van der Waals surface area contributed by atoms with E-state index in [1.807, 2.05) is 24.4 Å². The van der Waals surface area contributed by atoms with E-state index in [4.69, 9.17) is 14.7 Å². The molecule has 0 aromatic carbocycles. The Morgan fingerprint density at radius 3 is 2.61 bits per heavy atom. The fourth-order valence-electron chi connectivity index (χ4n) is 3.86. The van der Waals surface area contributed by atoms with Gasteiger partial charge in [-0.15, -0.1) is 11.3 Å². The highest BCUT2D eigenvalue weighted by Gasteiger charge is 2.33. The number of ether oxygens (including phenoxy) is 1. The molecule has 0 saturated carbocycles. The van der Waals surface area contributed by atoms with Crippen LogP contribution in [0.2, 0.25) is 0 Å². The number of hydrogen-bond acceptors (Lipinski definition) is 9. The molecule has 4 heterocycles. The van der Waals surface area contributed by atoms with E-state index in [-0.39, 0.29) is 6.04 Å². The lowest BCUT2D eigenvalue weighted by atomic mass is 10.1. The first kappa shape index (κ1) is 21.5. The van der Waals surface area contributed by atoms with Gasteiger partial charge in [0.25, 0.3) is 0 Å². The van der Waals surface area contributed by atoms with Gasteiger partial charge in [-0.2, -0.15) is 0 Å². The van der Waals surface area contributed by atoms with Crippen molar-refractivity contribution in [3.8, 4) is 17.1 Å². The number of hydrogen-bond donors (Lipinski definition) is 2. The van der Waals surface area contributed by atoms with Gasteiger partial charge in [-0.25, -0.2) is 19.9 Å². The first-order valence-corrected chi connectivity index (χ1v) is 11.4. The molecular weight excluding hydrogens is 412 g/mol. The number of β-amino-alcohol motifs (C(OH)–C–C–N with tert-alkyl or cyclic N) is 1. The van der Waals surface area contributed by atoms with Crippen molar-refractivity contribution in [3.05, 3.63) is 40.8 Å². The Labute approximate surface area is 186 Å². The topological polar surface area (TPSA) is 96.3 Å². The van der Waals surface area contributed by atoms with Crippen LogP contribution in [0, 0.1) is 6.92 Å². The monoisotopic (exact) mass is 440 g/mol. The Balaban J connectivity index is 1.63. The average molecular weight is 441 g/mol. The zero-order valence-electron chi connectivity index (χ0n) is 18.3. The van der Waals surface area contributed by atoms with Crippen LogP contribution < -0.4 is 15.0 Å². The van der Waals surface area contributed by atoms with Crippen molar-refractivity contribution < 1.29 is 9.84 Å². The SMILES string of the molecule is CCc1nc(-c2ccc(OC)nc2C)c(CC)nc1N[C@@H]1CN(c2nccs2)C[C@@H]1O. The number of methoxy groups -OCH3 is 1. The summed E-state index contributed by atoms with van der Waals surface area (Å²) in [4.78, 5) is 20.9. The van der Waals surface area contributed by atoms with Crippen LogP contribution in [0.4, 0.5) is 10.9 Å². The van der Waals surface area contributed by atoms with Crippen LogP contribution in [0.1, 0.15) is 30.9 Å². The van der Waals surface area contributed by atoms with E-state index < -0.39 is 6.10 Å². The van der Waals surface area contributed by atoms with Gasteiger partial charge in [0.2, 0.25) is 5.88 Å². The van der Waals surface area contributed by atoms with E-state index in [1.54, 1.807) is 24.6 Å². The van der Waals surface area contributed by atoms with Crippen LogP contribution in [-0.2, 0) is 12.8 Å². The smallest absolute Gasteiger partial charge is 0.213 e. The van der Waals surface area contributed by atoms with E-state index in [0.717, 1.165) is 52.1 Å². The molecule has 164 valence electrons. The summed E-state index contributed by atoms with van der Waals surface area (Å²) in [5.74, 6) is 1.33. The summed E-state index contributed by atoms with van der Waals surface area (Å²) in [6.07, 6.45) is 2.75. The van der Waals surface area contributed by atoms with Crippen molar-refractivity contribution in [1.82, 2.24) is 19.9 Å². The largest absolute Gasteiger partial charge is 0.481 e. The normalized spacial score (nSPS) is 18.4. The number of aliphatic hydroxyl groups is 1. The Bertz CT molecular complexity index is 1040. The maximum absolute atomic E-state index is 10.6. The molecular formula is C22H28N6O2S. The van der Waals surface area contributed by atoms with E-state index in [1.165, 1.54) is 0 Å². The minimum atomic E-state index is -0.506. The maximum Gasteiger partial charge on any atom is 0.213 e. The van der Waals surface area contributed by atoms with Gasteiger partial charge in [0, 0.05) is 36.3 Å². The molecule has 4 rings (SSSR count).